The molecule has 9 heteroatoms. The van der Waals surface area contributed by atoms with E-state index in [0.717, 1.165) is 5.56 Å². The Hall–Kier alpha value is -3.67. The van der Waals surface area contributed by atoms with Gasteiger partial charge in [0.1, 0.15) is 23.1 Å². The molecule has 0 aliphatic carbocycles. The topological polar surface area (TPSA) is 134 Å². The number of carbonyl (C=O) groups is 2. The molecule has 1 saturated heterocycles. The number of hydrogen-bond acceptors (Lipinski definition) is 6. The lowest BCUT2D eigenvalue weighted by Crippen LogP contribution is -2.40. The third-order valence-corrected chi connectivity index (χ3v) is 5.14. The summed E-state index contributed by atoms with van der Waals surface area (Å²) in [5, 5.41) is 11.8. The molecule has 3 N–H and O–H groups in total. The van der Waals surface area contributed by atoms with Crippen LogP contribution in [-0.4, -0.2) is 41.3 Å². The lowest BCUT2D eigenvalue weighted by atomic mass is 9.96. The fourth-order valence-corrected chi connectivity index (χ4v) is 3.47. The highest BCUT2D eigenvalue weighted by Gasteiger charge is 2.27. The number of aromatic nitrogens is 2. The summed E-state index contributed by atoms with van der Waals surface area (Å²) in [6.45, 7) is 2.83. The van der Waals surface area contributed by atoms with Crippen molar-refractivity contribution in [1.29, 1.82) is 5.26 Å². The van der Waals surface area contributed by atoms with E-state index < -0.39 is 5.91 Å². The van der Waals surface area contributed by atoms with Crippen molar-refractivity contribution in [2.24, 2.45) is 11.7 Å². The number of piperidine rings is 1. The second-order valence-corrected chi connectivity index (χ2v) is 6.95. The van der Waals surface area contributed by atoms with Crippen molar-refractivity contribution in [3.05, 3.63) is 45.4 Å². The number of carbonyl (C=O) groups excluding carboxylic acids is 2. The normalized spacial score (nSPS) is 15.2. The fourth-order valence-electron chi connectivity index (χ4n) is 3.47. The minimum atomic E-state index is -0.584. The van der Waals surface area contributed by atoms with Crippen molar-refractivity contribution in [2.45, 2.75) is 19.8 Å². The van der Waals surface area contributed by atoms with Gasteiger partial charge in [0, 0.05) is 32.3 Å². The average molecular weight is 394 g/mol. The summed E-state index contributed by atoms with van der Waals surface area (Å²) in [6.07, 6.45) is 3.98. The van der Waals surface area contributed by atoms with E-state index in [1.54, 1.807) is 12.3 Å². The van der Waals surface area contributed by atoms with Crippen molar-refractivity contribution in [1.82, 2.24) is 14.7 Å². The molecule has 150 valence electrons. The summed E-state index contributed by atoms with van der Waals surface area (Å²) < 4.78 is 1.40. The molecule has 9 nitrogen and oxygen atoms in total. The van der Waals surface area contributed by atoms with E-state index in [1.165, 1.54) is 17.5 Å². The maximum Gasteiger partial charge on any atom is 0.267 e. The van der Waals surface area contributed by atoms with Crippen LogP contribution in [0.4, 0.5) is 5.82 Å². The van der Waals surface area contributed by atoms with E-state index in [2.05, 4.69) is 10.3 Å². The Morgan fingerprint density at radius 2 is 2.07 bits per heavy atom. The number of aryl methyl sites for hydroxylation is 1. The monoisotopic (exact) mass is 394 g/mol. The van der Waals surface area contributed by atoms with E-state index >= 15 is 0 Å². The molecule has 1 fully saturated rings. The number of nitrogens with one attached hydrogen (secondary N) is 1. The molecule has 0 saturated carbocycles. The fraction of sp³-hybridized carbons (Fsp3) is 0.350. The third kappa shape index (κ3) is 3.82. The first-order chi connectivity index (χ1) is 13.9. The smallest absolute Gasteiger partial charge is 0.267 e. The number of nitrogens with zero attached hydrogens (tertiary/aromatic N) is 4. The number of anilines is 1. The van der Waals surface area contributed by atoms with E-state index in [4.69, 9.17) is 5.73 Å². The molecule has 29 heavy (non-hydrogen) atoms. The Balaban J connectivity index is 2.19. The zero-order valence-corrected chi connectivity index (χ0v) is 16.3. The Morgan fingerprint density at radius 3 is 2.66 bits per heavy atom. The van der Waals surface area contributed by atoms with Crippen molar-refractivity contribution in [3.63, 3.8) is 0 Å². The van der Waals surface area contributed by atoms with Crippen LogP contribution in [0.25, 0.3) is 11.7 Å². The number of hydrogen-bond donors (Lipinski definition) is 2. The van der Waals surface area contributed by atoms with Crippen molar-refractivity contribution < 1.29 is 9.59 Å². The van der Waals surface area contributed by atoms with Gasteiger partial charge in [-0.2, -0.15) is 5.26 Å². The molecule has 3 heterocycles. The predicted molar refractivity (Wildman–Crippen MR) is 108 cm³/mol. The van der Waals surface area contributed by atoms with Crippen LogP contribution >= 0.6 is 0 Å². The molecule has 1 aliphatic rings. The van der Waals surface area contributed by atoms with Gasteiger partial charge in [0.2, 0.25) is 5.91 Å². The molecule has 0 unspecified atom stereocenters. The van der Waals surface area contributed by atoms with Crippen LogP contribution in [-0.2, 0) is 9.59 Å². The molecule has 0 atom stereocenters. The van der Waals surface area contributed by atoms with Crippen LogP contribution in [0.15, 0.2) is 28.7 Å². The van der Waals surface area contributed by atoms with Crippen LogP contribution in [0.2, 0.25) is 0 Å². The molecule has 0 bridgehead atoms. The van der Waals surface area contributed by atoms with Gasteiger partial charge in [-0.15, -0.1) is 0 Å². The molecule has 3 rings (SSSR count). The summed E-state index contributed by atoms with van der Waals surface area (Å²) in [7, 11) is 1.41. The number of fused-ring (bicyclic) bond motifs is 1. The first-order valence-corrected chi connectivity index (χ1v) is 9.27. The van der Waals surface area contributed by atoms with Crippen LogP contribution in [0, 0.1) is 24.2 Å². The molecule has 0 spiro atoms. The van der Waals surface area contributed by atoms with Gasteiger partial charge in [-0.3, -0.25) is 18.8 Å². The van der Waals surface area contributed by atoms with E-state index in [-0.39, 0.29) is 28.5 Å². The van der Waals surface area contributed by atoms with Gasteiger partial charge in [0.25, 0.3) is 11.5 Å². The lowest BCUT2D eigenvalue weighted by molar-refractivity contribution is -0.122. The Labute approximate surface area is 167 Å². The maximum atomic E-state index is 13.2. The molecular weight excluding hydrogens is 372 g/mol. The first-order valence-electron chi connectivity index (χ1n) is 9.27. The number of rotatable bonds is 4. The van der Waals surface area contributed by atoms with E-state index in [0.29, 0.717) is 37.4 Å². The molecule has 0 radical (unpaired) electrons. The van der Waals surface area contributed by atoms with Crippen molar-refractivity contribution in [2.75, 3.05) is 25.0 Å². The number of nitrogens with two attached hydrogens (primary N) is 1. The maximum absolute atomic E-state index is 13.2. The predicted octanol–water partition coefficient (Wildman–Crippen LogP) is 0.358. The molecule has 2 aromatic rings. The number of amides is 2. The minimum absolute atomic E-state index is 0.158. The van der Waals surface area contributed by atoms with Crippen molar-refractivity contribution in [3.8, 4) is 6.07 Å². The van der Waals surface area contributed by atoms with Gasteiger partial charge < -0.3 is 16.0 Å². The van der Waals surface area contributed by atoms with E-state index in [1.807, 2.05) is 24.0 Å². The van der Waals surface area contributed by atoms with Gasteiger partial charge in [0.15, 0.2) is 0 Å². The Morgan fingerprint density at radius 1 is 1.38 bits per heavy atom. The van der Waals surface area contributed by atoms with Gasteiger partial charge in [-0.25, -0.2) is 4.98 Å². The highest BCUT2D eigenvalue weighted by molar-refractivity contribution is 6.02. The van der Waals surface area contributed by atoms with Gasteiger partial charge in [-0.05, 0) is 37.5 Å². The quantitative estimate of drug-likeness (QED) is 0.568. The third-order valence-electron chi connectivity index (χ3n) is 5.14. The zero-order valence-electron chi connectivity index (χ0n) is 16.3. The van der Waals surface area contributed by atoms with Crippen molar-refractivity contribution >= 4 is 29.4 Å². The molecule has 0 aromatic carbocycles. The number of likely N-dealkylation sites (N-methyl/N-ethyl adjacent to an activating group) is 1. The second-order valence-electron chi connectivity index (χ2n) is 6.95. The lowest BCUT2D eigenvalue weighted by Gasteiger charge is -2.32. The summed E-state index contributed by atoms with van der Waals surface area (Å²) in [5.74, 6) is -0.740. The average Bonchev–Trinajstić information content (AvgIpc) is 2.73. The van der Waals surface area contributed by atoms with E-state index in [9.17, 15) is 19.6 Å². The standard InChI is InChI=1S/C20H22N6O3/c1-12-4-3-7-26-17(12)24-18(25-8-5-13(6-9-25)16(22)27)15(20(26)29)10-14(11-21)19(28)23-2/h3-4,7,10,13H,5-6,8-9H2,1-2H3,(H2,22,27)(H,23,28)/b14-10-. The molecule has 2 aromatic heterocycles. The molecule has 1 aliphatic heterocycles. The Bertz CT molecular complexity index is 1100. The van der Waals surface area contributed by atoms with Gasteiger partial charge >= 0.3 is 0 Å². The summed E-state index contributed by atoms with van der Waals surface area (Å²) >= 11 is 0. The summed E-state index contributed by atoms with van der Waals surface area (Å²) in [5.41, 5.74) is 6.33. The largest absolute Gasteiger partial charge is 0.369 e. The summed E-state index contributed by atoms with van der Waals surface area (Å²) in [6, 6.07) is 5.42. The van der Waals surface area contributed by atoms with Crippen LogP contribution in [0.3, 0.4) is 0 Å². The summed E-state index contributed by atoms with van der Waals surface area (Å²) in [4.78, 5) is 43.3. The number of pyridine rings is 1. The zero-order chi connectivity index (χ0) is 21.1. The number of nitriles is 1. The van der Waals surface area contributed by atoms with Gasteiger partial charge in [-0.1, -0.05) is 6.07 Å². The molecule has 2 amide bonds. The highest BCUT2D eigenvalue weighted by atomic mass is 16.2. The first kappa shape index (κ1) is 20.1. The Kier molecular flexibility index (Phi) is 5.64. The highest BCUT2D eigenvalue weighted by Crippen LogP contribution is 2.26. The van der Waals surface area contributed by atoms with Gasteiger partial charge in [0.05, 0.1) is 5.56 Å². The minimum Gasteiger partial charge on any atom is -0.369 e. The second kappa shape index (κ2) is 8.14. The number of primary amides is 1. The van der Waals surface area contributed by atoms with Crippen LogP contribution in [0.1, 0.15) is 24.0 Å². The molecular formula is C20H22N6O3. The SMILES string of the molecule is CNC(=O)/C(C#N)=C\c1c(N2CCC(C(N)=O)CC2)nc2c(C)cccn2c1=O. The van der Waals surface area contributed by atoms with Crippen LogP contribution < -0.4 is 21.5 Å². The van der Waals surface area contributed by atoms with Crippen LogP contribution in [0.5, 0.6) is 0 Å².